The lowest BCUT2D eigenvalue weighted by atomic mass is 10.2. The molecule has 0 amide bonds. The second-order valence-corrected chi connectivity index (χ2v) is 3.69. The summed E-state index contributed by atoms with van der Waals surface area (Å²) in [6.07, 6.45) is 2.11. The molecule has 0 aliphatic carbocycles. The standard InChI is InChI=1S/C11H10ClFN2O/c12-8-2-1-7(5-9(8)13)10-6-15-11(16-10)3-4-14/h1-2,5-6H,3-4,14H2. The van der Waals surface area contributed by atoms with Crippen molar-refractivity contribution in [2.24, 2.45) is 5.73 Å². The number of nitrogens with zero attached hydrogens (tertiary/aromatic N) is 1. The minimum absolute atomic E-state index is 0.0884. The summed E-state index contributed by atoms with van der Waals surface area (Å²) in [5.41, 5.74) is 5.98. The first kappa shape index (κ1) is 11.1. The maximum atomic E-state index is 13.2. The summed E-state index contributed by atoms with van der Waals surface area (Å²) in [6, 6.07) is 4.48. The van der Waals surface area contributed by atoms with Crippen molar-refractivity contribution < 1.29 is 8.81 Å². The highest BCUT2D eigenvalue weighted by molar-refractivity contribution is 6.30. The van der Waals surface area contributed by atoms with Gasteiger partial charge in [-0.2, -0.15) is 0 Å². The van der Waals surface area contributed by atoms with Crippen LogP contribution < -0.4 is 5.73 Å². The predicted molar refractivity (Wildman–Crippen MR) is 59.7 cm³/mol. The molecule has 3 nitrogen and oxygen atoms in total. The minimum Gasteiger partial charge on any atom is -0.441 e. The van der Waals surface area contributed by atoms with Crippen molar-refractivity contribution in [3.8, 4) is 11.3 Å². The molecule has 5 heteroatoms. The number of benzene rings is 1. The van der Waals surface area contributed by atoms with Gasteiger partial charge in [-0.15, -0.1) is 0 Å². The largest absolute Gasteiger partial charge is 0.441 e. The summed E-state index contributed by atoms with van der Waals surface area (Å²) in [4.78, 5) is 4.03. The van der Waals surface area contributed by atoms with E-state index in [0.29, 0.717) is 30.2 Å². The SMILES string of the molecule is NCCc1ncc(-c2ccc(Cl)c(F)c2)o1. The van der Waals surface area contributed by atoms with E-state index in [1.54, 1.807) is 12.3 Å². The van der Waals surface area contributed by atoms with Gasteiger partial charge in [-0.1, -0.05) is 11.6 Å². The minimum atomic E-state index is -0.476. The Morgan fingerprint density at radius 3 is 2.94 bits per heavy atom. The van der Waals surface area contributed by atoms with Gasteiger partial charge in [0.05, 0.1) is 11.2 Å². The molecule has 0 bridgehead atoms. The van der Waals surface area contributed by atoms with Gasteiger partial charge in [-0.25, -0.2) is 9.37 Å². The predicted octanol–water partition coefficient (Wildman–Crippen LogP) is 2.64. The van der Waals surface area contributed by atoms with E-state index in [1.165, 1.54) is 12.1 Å². The van der Waals surface area contributed by atoms with E-state index in [9.17, 15) is 4.39 Å². The topological polar surface area (TPSA) is 52.0 Å². The molecule has 2 N–H and O–H groups in total. The molecule has 1 aromatic carbocycles. The van der Waals surface area contributed by atoms with Crippen LogP contribution in [-0.4, -0.2) is 11.5 Å². The quantitative estimate of drug-likeness (QED) is 0.897. The summed E-state index contributed by atoms with van der Waals surface area (Å²) < 4.78 is 18.6. The highest BCUT2D eigenvalue weighted by Gasteiger charge is 2.08. The summed E-state index contributed by atoms with van der Waals surface area (Å²) in [5.74, 6) is 0.586. The molecule has 1 aromatic heterocycles. The normalized spacial score (nSPS) is 10.7. The van der Waals surface area contributed by atoms with Gasteiger partial charge in [-0.3, -0.25) is 0 Å². The van der Waals surface area contributed by atoms with Crippen LogP contribution in [0.15, 0.2) is 28.8 Å². The van der Waals surface area contributed by atoms with Gasteiger partial charge in [0, 0.05) is 18.5 Å². The van der Waals surface area contributed by atoms with Crippen LogP contribution in [-0.2, 0) is 6.42 Å². The monoisotopic (exact) mass is 240 g/mol. The average Bonchev–Trinajstić information content (AvgIpc) is 2.71. The van der Waals surface area contributed by atoms with Crippen molar-refractivity contribution in [2.45, 2.75) is 6.42 Å². The molecule has 16 heavy (non-hydrogen) atoms. The zero-order valence-corrected chi connectivity index (χ0v) is 9.17. The van der Waals surface area contributed by atoms with Crippen LogP contribution in [0.25, 0.3) is 11.3 Å². The molecule has 0 spiro atoms. The van der Waals surface area contributed by atoms with Crippen LogP contribution in [0.3, 0.4) is 0 Å². The number of nitrogens with two attached hydrogens (primary N) is 1. The number of rotatable bonds is 3. The molecular formula is C11H10ClFN2O. The number of hydrogen-bond donors (Lipinski definition) is 1. The molecule has 0 aliphatic heterocycles. The smallest absolute Gasteiger partial charge is 0.196 e. The Morgan fingerprint density at radius 2 is 2.25 bits per heavy atom. The zero-order valence-electron chi connectivity index (χ0n) is 8.41. The first-order chi connectivity index (χ1) is 7.70. The van der Waals surface area contributed by atoms with E-state index in [4.69, 9.17) is 21.8 Å². The molecule has 0 unspecified atom stereocenters. The Kier molecular flexibility index (Phi) is 3.22. The molecule has 2 aromatic rings. The van der Waals surface area contributed by atoms with Gasteiger partial charge in [0.1, 0.15) is 5.82 Å². The van der Waals surface area contributed by atoms with Crippen molar-refractivity contribution in [1.82, 2.24) is 4.98 Å². The van der Waals surface area contributed by atoms with Crippen LogP contribution in [0.2, 0.25) is 5.02 Å². The third-order valence-electron chi connectivity index (χ3n) is 2.12. The summed E-state index contributed by atoms with van der Waals surface area (Å²) in [6.45, 7) is 0.467. The van der Waals surface area contributed by atoms with Crippen LogP contribution in [0.1, 0.15) is 5.89 Å². The third kappa shape index (κ3) is 2.23. The second-order valence-electron chi connectivity index (χ2n) is 3.29. The zero-order chi connectivity index (χ0) is 11.5. The van der Waals surface area contributed by atoms with Crippen LogP contribution in [0, 0.1) is 5.82 Å². The molecule has 0 atom stereocenters. The Bertz CT molecular complexity index is 498. The maximum Gasteiger partial charge on any atom is 0.196 e. The first-order valence-corrected chi connectivity index (χ1v) is 5.18. The van der Waals surface area contributed by atoms with Crippen molar-refractivity contribution in [3.63, 3.8) is 0 Å². The third-order valence-corrected chi connectivity index (χ3v) is 2.42. The van der Waals surface area contributed by atoms with Crippen LogP contribution in [0.4, 0.5) is 4.39 Å². The van der Waals surface area contributed by atoms with E-state index in [1.807, 2.05) is 0 Å². The van der Waals surface area contributed by atoms with Gasteiger partial charge in [0.25, 0.3) is 0 Å². The first-order valence-electron chi connectivity index (χ1n) is 4.81. The van der Waals surface area contributed by atoms with E-state index in [-0.39, 0.29) is 5.02 Å². The summed E-state index contributed by atoms with van der Waals surface area (Å²) in [5, 5.41) is 0.0884. The van der Waals surface area contributed by atoms with Gasteiger partial charge >= 0.3 is 0 Å². The molecule has 84 valence electrons. The van der Waals surface area contributed by atoms with E-state index >= 15 is 0 Å². The molecule has 0 radical (unpaired) electrons. The molecule has 0 fully saturated rings. The summed E-state index contributed by atoms with van der Waals surface area (Å²) in [7, 11) is 0. The Hall–Kier alpha value is -1.39. The summed E-state index contributed by atoms with van der Waals surface area (Å²) >= 11 is 5.59. The fraction of sp³-hybridized carbons (Fsp3) is 0.182. The average molecular weight is 241 g/mol. The lowest BCUT2D eigenvalue weighted by molar-refractivity contribution is 0.507. The molecule has 2 rings (SSSR count). The van der Waals surface area contributed by atoms with Gasteiger partial charge in [-0.05, 0) is 18.2 Å². The number of hydrogen-bond acceptors (Lipinski definition) is 3. The van der Waals surface area contributed by atoms with Gasteiger partial charge in [0.15, 0.2) is 11.7 Å². The molecule has 1 heterocycles. The van der Waals surface area contributed by atoms with Crippen molar-refractivity contribution in [2.75, 3.05) is 6.54 Å². The van der Waals surface area contributed by atoms with Crippen LogP contribution in [0.5, 0.6) is 0 Å². The lowest BCUT2D eigenvalue weighted by Gasteiger charge is -1.98. The molecular weight excluding hydrogens is 231 g/mol. The van der Waals surface area contributed by atoms with Crippen molar-refractivity contribution >= 4 is 11.6 Å². The van der Waals surface area contributed by atoms with E-state index in [0.717, 1.165) is 0 Å². The highest BCUT2D eigenvalue weighted by atomic mass is 35.5. The second kappa shape index (κ2) is 4.63. The Balaban J connectivity index is 2.31. The van der Waals surface area contributed by atoms with E-state index < -0.39 is 5.82 Å². The number of aromatic nitrogens is 1. The molecule has 0 saturated heterocycles. The number of halogens is 2. The fourth-order valence-electron chi connectivity index (χ4n) is 1.33. The maximum absolute atomic E-state index is 13.2. The molecule has 0 aliphatic rings. The van der Waals surface area contributed by atoms with Gasteiger partial charge in [0.2, 0.25) is 0 Å². The molecule has 0 saturated carbocycles. The van der Waals surface area contributed by atoms with Gasteiger partial charge < -0.3 is 10.2 Å². The number of oxazole rings is 1. The van der Waals surface area contributed by atoms with Crippen molar-refractivity contribution in [3.05, 3.63) is 41.1 Å². The Labute approximate surface area is 97.0 Å². The highest BCUT2D eigenvalue weighted by Crippen LogP contribution is 2.24. The van der Waals surface area contributed by atoms with E-state index in [2.05, 4.69) is 4.98 Å². The Morgan fingerprint density at radius 1 is 1.44 bits per heavy atom. The lowest BCUT2D eigenvalue weighted by Crippen LogP contribution is -2.02. The fourth-order valence-corrected chi connectivity index (χ4v) is 1.45. The van der Waals surface area contributed by atoms with Crippen molar-refractivity contribution in [1.29, 1.82) is 0 Å². The van der Waals surface area contributed by atoms with Crippen LogP contribution >= 0.6 is 11.6 Å².